The number of nitrogens with one attached hydrogen (secondary N) is 1. The zero-order valence-corrected chi connectivity index (χ0v) is 10.4. The molecule has 1 saturated carbocycles. The molecule has 1 unspecified atom stereocenters. The Morgan fingerprint density at radius 1 is 1.60 bits per heavy atom. The minimum Gasteiger partial charge on any atom is -0.340 e. The van der Waals surface area contributed by atoms with Crippen molar-refractivity contribution in [3.05, 3.63) is 0 Å². The standard InChI is InChI=1S/C11H20N2OS/c1-3-12-9-4-7-13(10(9)14)8-11(15-2)5-6-11/h9,12H,3-8H2,1-2H3. The highest BCUT2D eigenvalue weighted by Crippen LogP contribution is 2.48. The van der Waals surface area contributed by atoms with Gasteiger partial charge in [-0.25, -0.2) is 0 Å². The predicted octanol–water partition coefficient (Wildman–Crippen LogP) is 1.09. The first-order valence-corrected chi connectivity index (χ1v) is 7.00. The molecule has 1 atom stereocenters. The van der Waals surface area contributed by atoms with Gasteiger partial charge in [0.15, 0.2) is 0 Å². The highest BCUT2D eigenvalue weighted by molar-refractivity contribution is 8.00. The molecule has 1 saturated heterocycles. The molecule has 0 spiro atoms. The third kappa shape index (κ3) is 2.31. The topological polar surface area (TPSA) is 32.3 Å². The summed E-state index contributed by atoms with van der Waals surface area (Å²) in [7, 11) is 0. The zero-order valence-electron chi connectivity index (χ0n) is 9.58. The number of amides is 1. The van der Waals surface area contributed by atoms with E-state index in [1.165, 1.54) is 12.8 Å². The van der Waals surface area contributed by atoms with Crippen LogP contribution < -0.4 is 5.32 Å². The molecule has 4 heteroatoms. The van der Waals surface area contributed by atoms with Crippen LogP contribution in [-0.2, 0) is 4.79 Å². The van der Waals surface area contributed by atoms with Crippen molar-refractivity contribution in [2.75, 3.05) is 25.9 Å². The summed E-state index contributed by atoms with van der Waals surface area (Å²) in [5.74, 6) is 0.317. The normalized spacial score (nSPS) is 28.5. The number of likely N-dealkylation sites (tertiary alicyclic amines) is 1. The van der Waals surface area contributed by atoms with E-state index in [1.807, 2.05) is 11.8 Å². The van der Waals surface area contributed by atoms with Crippen molar-refractivity contribution in [1.82, 2.24) is 10.2 Å². The van der Waals surface area contributed by atoms with Crippen molar-refractivity contribution in [3.8, 4) is 0 Å². The van der Waals surface area contributed by atoms with E-state index in [0.717, 1.165) is 26.1 Å². The van der Waals surface area contributed by atoms with E-state index in [-0.39, 0.29) is 6.04 Å². The van der Waals surface area contributed by atoms with E-state index in [2.05, 4.69) is 23.4 Å². The fourth-order valence-electron chi connectivity index (χ4n) is 2.25. The Balaban J connectivity index is 1.87. The monoisotopic (exact) mass is 228 g/mol. The van der Waals surface area contributed by atoms with Crippen molar-refractivity contribution in [2.45, 2.75) is 37.0 Å². The highest BCUT2D eigenvalue weighted by atomic mass is 32.2. The average Bonchev–Trinajstić information content (AvgIpc) is 2.94. The maximum atomic E-state index is 12.0. The van der Waals surface area contributed by atoms with Crippen LogP contribution >= 0.6 is 11.8 Å². The van der Waals surface area contributed by atoms with Crippen LogP contribution in [0.25, 0.3) is 0 Å². The first kappa shape index (κ1) is 11.3. The number of thioether (sulfide) groups is 1. The largest absolute Gasteiger partial charge is 0.340 e. The van der Waals surface area contributed by atoms with E-state index in [0.29, 0.717) is 10.7 Å². The quantitative estimate of drug-likeness (QED) is 0.764. The average molecular weight is 228 g/mol. The molecule has 0 aromatic heterocycles. The van der Waals surface area contributed by atoms with Crippen LogP contribution in [0.2, 0.25) is 0 Å². The molecule has 0 aromatic rings. The van der Waals surface area contributed by atoms with Crippen LogP contribution in [0.3, 0.4) is 0 Å². The SMILES string of the molecule is CCNC1CCN(CC2(SC)CC2)C1=O. The second kappa shape index (κ2) is 4.34. The van der Waals surface area contributed by atoms with Crippen LogP contribution in [0.4, 0.5) is 0 Å². The van der Waals surface area contributed by atoms with Crippen molar-refractivity contribution in [3.63, 3.8) is 0 Å². The van der Waals surface area contributed by atoms with Crippen molar-refractivity contribution in [2.24, 2.45) is 0 Å². The Labute approximate surface area is 96.0 Å². The molecule has 0 radical (unpaired) electrons. The van der Waals surface area contributed by atoms with Gasteiger partial charge >= 0.3 is 0 Å². The van der Waals surface area contributed by atoms with Gasteiger partial charge in [0, 0.05) is 17.8 Å². The van der Waals surface area contributed by atoms with Crippen molar-refractivity contribution >= 4 is 17.7 Å². The minimum atomic E-state index is 0.0904. The number of likely N-dealkylation sites (N-methyl/N-ethyl adjacent to an activating group) is 1. The summed E-state index contributed by atoms with van der Waals surface area (Å²) in [4.78, 5) is 14.0. The molecule has 1 aliphatic heterocycles. The second-order valence-electron chi connectivity index (χ2n) is 4.55. The number of carbonyl (C=O) groups excluding carboxylic acids is 1. The van der Waals surface area contributed by atoms with E-state index >= 15 is 0 Å². The predicted molar refractivity (Wildman–Crippen MR) is 64.1 cm³/mol. The number of nitrogens with zero attached hydrogens (tertiary/aromatic N) is 1. The van der Waals surface area contributed by atoms with Gasteiger partial charge < -0.3 is 10.2 Å². The smallest absolute Gasteiger partial charge is 0.239 e. The van der Waals surface area contributed by atoms with Crippen molar-refractivity contribution < 1.29 is 4.79 Å². The van der Waals surface area contributed by atoms with Gasteiger partial charge in [-0.3, -0.25) is 4.79 Å². The highest BCUT2D eigenvalue weighted by Gasteiger charge is 2.46. The Morgan fingerprint density at radius 2 is 2.33 bits per heavy atom. The first-order chi connectivity index (χ1) is 7.21. The lowest BCUT2D eigenvalue weighted by Crippen LogP contribution is -2.40. The third-order valence-corrected chi connectivity index (χ3v) is 4.87. The molecular weight excluding hydrogens is 208 g/mol. The van der Waals surface area contributed by atoms with Gasteiger partial charge in [0.2, 0.25) is 5.91 Å². The Hall–Kier alpha value is -0.220. The molecule has 2 fully saturated rings. The Kier molecular flexibility index (Phi) is 3.26. The number of hydrogen-bond donors (Lipinski definition) is 1. The van der Waals surface area contributed by atoms with E-state index in [1.54, 1.807) is 0 Å². The molecule has 2 aliphatic rings. The van der Waals surface area contributed by atoms with E-state index in [4.69, 9.17) is 0 Å². The van der Waals surface area contributed by atoms with Gasteiger partial charge in [-0.05, 0) is 32.1 Å². The number of carbonyl (C=O) groups is 1. The minimum absolute atomic E-state index is 0.0904. The van der Waals surface area contributed by atoms with Crippen LogP contribution in [0.1, 0.15) is 26.2 Å². The fraction of sp³-hybridized carbons (Fsp3) is 0.909. The molecule has 1 N–H and O–H groups in total. The summed E-state index contributed by atoms with van der Waals surface area (Å²) in [5, 5.41) is 3.25. The van der Waals surface area contributed by atoms with Crippen molar-refractivity contribution in [1.29, 1.82) is 0 Å². The van der Waals surface area contributed by atoms with Gasteiger partial charge in [0.1, 0.15) is 0 Å². The molecule has 1 heterocycles. The summed E-state index contributed by atoms with van der Waals surface area (Å²) in [6.07, 6.45) is 5.71. The maximum absolute atomic E-state index is 12.0. The molecule has 2 rings (SSSR count). The van der Waals surface area contributed by atoms with Crippen LogP contribution in [0.5, 0.6) is 0 Å². The van der Waals surface area contributed by atoms with Crippen LogP contribution in [0, 0.1) is 0 Å². The zero-order chi connectivity index (χ0) is 10.9. The van der Waals surface area contributed by atoms with Crippen LogP contribution in [-0.4, -0.2) is 47.5 Å². The molecule has 1 amide bonds. The molecule has 86 valence electrons. The lowest BCUT2D eigenvalue weighted by molar-refractivity contribution is -0.129. The van der Waals surface area contributed by atoms with Gasteiger partial charge in [0.05, 0.1) is 6.04 Å². The summed E-state index contributed by atoms with van der Waals surface area (Å²) in [5.41, 5.74) is 0. The summed E-state index contributed by atoms with van der Waals surface area (Å²) < 4.78 is 0.413. The lowest BCUT2D eigenvalue weighted by atomic mass is 10.2. The first-order valence-electron chi connectivity index (χ1n) is 5.78. The molecule has 0 aromatic carbocycles. The molecule has 15 heavy (non-hydrogen) atoms. The maximum Gasteiger partial charge on any atom is 0.239 e. The molecule has 3 nitrogen and oxygen atoms in total. The Morgan fingerprint density at radius 3 is 2.87 bits per heavy atom. The molecular formula is C11H20N2OS. The molecule has 0 bridgehead atoms. The summed E-state index contributed by atoms with van der Waals surface area (Å²) in [6, 6.07) is 0.0904. The van der Waals surface area contributed by atoms with Crippen LogP contribution in [0.15, 0.2) is 0 Å². The van der Waals surface area contributed by atoms with Gasteiger partial charge in [-0.15, -0.1) is 0 Å². The van der Waals surface area contributed by atoms with Gasteiger partial charge in [0.25, 0.3) is 0 Å². The number of hydrogen-bond acceptors (Lipinski definition) is 3. The van der Waals surface area contributed by atoms with Gasteiger partial charge in [-0.1, -0.05) is 6.92 Å². The van der Waals surface area contributed by atoms with Gasteiger partial charge in [-0.2, -0.15) is 11.8 Å². The third-order valence-electron chi connectivity index (χ3n) is 3.47. The lowest BCUT2D eigenvalue weighted by Gasteiger charge is -2.22. The second-order valence-corrected chi connectivity index (χ2v) is 5.82. The summed E-state index contributed by atoms with van der Waals surface area (Å²) >= 11 is 1.93. The van der Waals surface area contributed by atoms with E-state index < -0.39 is 0 Å². The summed E-state index contributed by atoms with van der Waals surface area (Å²) in [6.45, 7) is 4.85. The fourth-order valence-corrected chi connectivity index (χ4v) is 3.04. The molecule has 1 aliphatic carbocycles. The number of rotatable bonds is 5. The Bertz CT molecular complexity index is 253. The van der Waals surface area contributed by atoms with E-state index in [9.17, 15) is 4.79 Å².